The van der Waals surface area contributed by atoms with E-state index >= 15 is 0 Å². The zero-order valence-electron chi connectivity index (χ0n) is 25.8. The van der Waals surface area contributed by atoms with Crippen molar-refractivity contribution in [1.82, 2.24) is 30.2 Å². The fourth-order valence-corrected chi connectivity index (χ4v) is 6.18. The zero-order chi connectivity index (χ0) is 31.0. The molecule has 1 amide bonds. The van der Waals surface area contributed by atoms with Gasteiger partial charge in [-0.3, -0.25) is 0 Å². The summed E-state index contributed by atoms with van der Waals surface area (Å²) < 4.78 is 11.6. The first-order valence-corrected chi connectivity index (χ1v) is 15.5. The summed E-state index contributed by atoms with van der Waals surface area (Å²) in [4.78, 5) is 36.7. The van der Waals surface area contributed by atoms with Crippen LogP contribution in [0.2, 0.25) is 0 Å². The summed E-state index contributed by atoms with van der Waals surface area (Å²) in [5.41, 5.74) is 8.07. The number of imidazole rings is 1. The van der Waals surface area contributed by atoms with E-state index < -0.39 is 6.09 Å². The second kappa shape index (κ2) is 11.8. The second-order valence-electron chi connectivity index (χ2n) is 12.7. The van der Waals surface area contributed by atoms with Gasteiger partial charge in [-0.15, -0.1) is 0 Å². The number of ether oxygens (including phenoxy) is 2. The number of nitrogens with zero attached hydrogens (tertiary/aromatic N) is 5. The Balaban J connectivity index is 1.09. The number of pyridine rings is 1. The number of carbonyl (C=O) groups is 1. The molecule has 0 bridgehead atoms. The third kappa shape index (κ3) is 6.18. The van der Waals surface area contributed by atoms with Gasteiger partial charge in [-0.05, 0) is 60.9 Å². The van der Waals surface area contributed by atoms with Crippen molar-refractivity contribution in [2.75, 3.05) is 18.1 Å². The number of anilines is 1. The van der Waals surface area contributed by atoms with E-state index in [1.807, 2.05) is 55.6 Å². The van der Waals surface area contributed by atoms with E-state index in [9.17, 15) is 4.79 Å². The number of nitrogens with one attached hydrogen (secondary N) is 2. The van der Waals surface area contributed by atoms with Gasteiger partial charge in [0.1, 0.15) is 36.9 Å². The Morgan fingerprint density at radius 1 is 1.11 bits per heavy atom. The molecule has 230 valence electrons. The number of aromatic amines is 1. The Labute approximate surface area is 262 Å². The number of carbonyl (C=O) groups excluding carboxylic acids is 1. The minimum atomic E-state index is -0.507. The van der Waals surface area contributed by atoms with E-state index in [0.717, 1.165) is 65.1 Å². The maximum Gasteiger partial charge on any atom is 0.408 e. The summed E-state index contributed by atoms with van der Waals surface area (Å²) in [7, 11) is 0. The van der Waals surface area contributed by atoms with Gasteiger partial charge in [0.15, 0.2) is 5.65 Å². The van der Waals surface area contributed by atoms with Gasteiger partial charge in [-0.2, -0.15) is 0 Å². The van der Waals surface area contributed by atoms with Crippen LogP contribution in [-0.2, 0) is 30.7 Å². The monoisotopic (exact) mass is 603 g/mol. The number of benzene rings is 2. The summed E-state index contributed by atoms with van der Waals surface area (Å²) in [6.45, 7) is 8.75. The van der Waals surface area contributed by atoms with Gasteiger partial charge in [0.25, 0.3) is 0 Å². The van der Waals surface area contributed by atoms with Crippen LogP contribution in [-0.4, -0.2) is 44.2 Å². The Morgan fingerprint density at radius 3 is 2.84 bits per heavy atom. The van der Waals surface area contributed by atoms with Gasteiger partial charge in [0, 0.05) is 35.1 Å². The highest BCUT2D eigenvalue weighted by atomic mass is 16.5. The molecule has 0 radical (unpaired) electrons. The van der Waals surface area contributed by atoms with Gasteiger partial charge >= 0.3 is 6.09 Å². The predicted molar refractivity (Wildman–Crippen MR) is 172 cm³/mol. The minimum absolute atomic E-state index is 0.202. The fraction of sp³-hybridized carbons (Fsp3) is 0.343. The normalized spacial score (nSPS) is 16.2. The molecule has 10 nitrogen and oxygen atoms in total. The summed E-state index contributed by atoms with van der Waals surface area (Å²) >= 11 is 0. The largest absolute Gasteiger partial charge is 0.491 e. The number of hydrogen-bond donors (Lipinski definition) is 2. The molecule has 2 N–H and O–H groups in total. The molecule has 45 heavy (non-hydrogen) atoms. The number of H-pyrrole nitrogens is 1. The number of aryl methyl sites for hydroxylation is 1. The number of alkyl carbamates (subject to hydrolysis) is 1. The van der Waals surface area contributed by atoms with Gasteiger partial charge in [0.05, 0.1) is 18.1 Å². The van der Waals surface area contributed by atoms with Crippen molar-refractivity contribution in [1.29, 1.82) is 0 Å². The molecule has 10 heteroatoms. The van der Waals surface area contributed by atoms with Crippen molar-refractivity contribution in [3.63, 3.8) is 0 Å². The lowest BCUT2D eigenvalue weighted by Crippen LogP contribution is -2.31. The summed E-state index contributed by atoms with van der Waals surface area (Å²) in [5.74, 6) is 2.52. The van der Waals surface area contributed by atoms with Crippen LogP contribution in [0.3, 0.4) is 0 Å². The molecule has 1 aliphatic heterocycles. The fourth-order valence-electron chi connectivity index (χ4n) is 6.18. The number of amides is 1. The maximum absolute atomic E-state index is 12.4. The average Bonchev–Trinajstić information content (AvgIpc) is 3.36. The smallest absolute Gasteiger partial charge is 0.408 e. The highest BCUT2D eigenvalue weighted by molar-refractivity contribution is 5.79. The topological polar surface area (TPSA) is 118 Å². The van der Waals surface area contributed by atoms with Crippen molar-refractivity contribution in [2.24, 2.45) is 5.41 Å². The molecule has 0 spiro atoms. The van der Waals surface area contributed by atoms with Crippen molar-refractivity contribution >= 4 is 23.1 Å². The Morgan fingerprint density at radius 2 is 1.98 bits per heavy atom. The van der Waals surface area contributed by atoms with Gasteiger partial charge < -0.3 is 24.7 Å². The maximum atomic E-state index is 12.4. The third-order valence-electron chi connectivity index (χ3n) is 8.69. The van der Waals surface area contributed by atoms with Gasteiger partial charge in [-0.1, -0.05) is 50.2 Å². The van der Waals surface area contributed by atoms with Crippen LogP contribution in [0, 0.1) is 5.41 Å². The number of aromatic nitrogens is 5. The number of fused-ring (bicyclic) bond motifs is 3. The molecule has 2 aromatic carbocycles. The van der Waals surface area contributed by atoms with E-state index in [1.165, 1.54) is 11.3 Å². The highest BCUT2D eigenvalue weighted by Crippen LogP contribution is 2.39. The first kappa shape index (κ1) is 28.8. The molecule has 1 atom stereocenters. The van der Waals surface area contributed by atoms with E-state index in [1.54, 1.807) is 6.33 Å². The van der Waals surface area contributed by atoms with Crippen molar-refractivity contribution < 1.29 is 14.3 Å². The molecule has 2 aliphatic rings. The summed E-state index contributed by atoms with van der Waals surface area (Å²) in [5, 5.41) is 2.84. The lowest BCUT2D eigenvalue weighted by atomic mass is 9.76. The lowest BCUT2D eigenvalue weighted by Gasteiger charge is -2.33. The molecule has 0 unspecified atom stereocenters. The molecule has 0 saturated carbocycles. The Bertz CT molecular complexity index is 1850. The molecule has 0 fully saturated rings. The number of hydrogen-bond acceptors (Lipinski definition) is 8. The summed E-state index contributed by atoms with van der Waals surface area (Å²) in [6, 6.07) is 17.5. The van der Waals surface area contributed by atoms with E-state index in [0.29, 0.717) is 24.6 Å². The SMILES string of the molecule is C[C@H](NC(=O)OCc1ccccc1)c1nc2ncc(-c3ccc4c(c3)CN(c3ncnc5c3CC(C)(C)CC5)CCO4)cc2[nH]1. The first-order chi connectivity index (χ1) is 21.8. The van der Waals surface area contributed by atoms with Crippen LogP contribution >= 0.6 is 0 Å². The van der Waals surface area contributed by atoms with Crippen LogP contribution in [0.4, 0.5) is 10.6 Å². The van der Waals surface area contributed by atoms with Gasteiger partial charge in [-0.25, -0.2) is 24.7 Å². The molecule has 3 aromatic heterocycles. The average molecular weight is 604 g/mol. The molecule has 5 aromatic rings. The van der Waals surface area contributed by atoms with Gasteiger partial charge in [0.2, 0.25) is 0 Å². The highest BCUT2D eigenvalue weighted by Gasteiger charge is 2.30. The standard InChI is InChI=1S/C35H37N7O3/c1-22(39-34(43)45-20-23-7-5-4-6-8-23)31-40-29-16-25(18-36-32(29)41-31)24-9-10-30-26(15-24)19-42(13-14-44-30)33-27-17-35(2,3)12-11-28(27)37-21-38-33/h4-10,15-16,18,21-22H,11-14,17,19-20H2,1-3H3,(H,39,43)(H,36,40,41)/t22-/m0/s1. The quantitative estimate of drug-likeness (QED) is 0.232. The van der Waals surface area contributed by atoms with Crippen LogP contribution in [0.1, 0.15) is 61.4 Å². The lowest BCUT2D eigenvalue weighted by molar-refractivity contribution is 0.136. The predicted octanol–water partition coefficient (Wildman–Crippen LogP) is 6.32. The van der Waals surface area contributed by atoms with Crippen molar-refractivity contribution in [3.05, 3.63) is 95.3 Å². The zero-order valence-corrected chi connectivity index (χ0v) is 25.8. The Kier molecular flexibility index (Phi) is 7.56. The van der Waals surface area contributed by atoms with Crippen LogP contribution in [0.25, 0.3) is 22.3 Å². The van der Waals surface area contributed by atoms with Crippen LogP contribution in [0.15, 0.2) is 67.1 Å². The van der Waals surface area contributed by atoms with E-state index in [-0.39, 0.29) is 18.1 Å². The molecule has 1 aliphatic carbocycles. The first-order valence-electron chi connectivity index (χ1n) is 15.5. The molecular weight excluding hydrogens is 566 g/mol. The molecule has 0 saturated heterocycles. The van der Waals surface area contributed by atoms with Crippen molar-refractivity contribution in [3.8, 4) is 16.9 Å². The van der Waals surface area contributed by atoms with Crippen LogP contribution < -0.4 is 15.0 Å². The molecule has 7 rings (SSSR count). The molecular formula is C35H37N7O3. The van der Waals surface area contributed by atoms with Crippen molar-refractivity contribution in [2.45, 2.75) is 59.2 Å². The Hall–Kier alpha value is -4.99. The van der Waals surface area contributed by atoms with E-state index in [2.05, 4.69) is 56.1 Å². The molecule has 4 heterocycles. The third-order valence-corrected chi connectivity index (χ3v) is 8.69. The van der Waals surface area contributed by atoms with E-state index in [4.69, 9.17) is 14.5 Å². The number of rotatable bonds is 6. The van der Waals surface area contributed by atoms with Crippen LogP contribution in [0.5, 0.6) is 5.75 Å². The summed E-state index contributed by atoms with van der Waals surface area (Å²) in [6.07, 6.45) is 6.13. The second-order valence-corrected chi connectivity index (χ2v) is 12.7. The minimum Gasteiger partial charge on any atom is -0.491 e.